The first-order valence-corrected chi connectivity index (χ1v) is 8.97. The van der Waals surface area contributed by atoms with Gasteiger partial charge < -0.3 is 19.8 Å². The lowest BCUT2D eigenvalue weighted by atomic mass is 10.1. The van der Waals surface area contributed by atoms with Crippen LogP contribution in [-0.2, 0) is 11.3 Å². The molecule has 3 aromatic rings. The molecule has 0 aliphatic carbocycles. The van der Waals surface area contributed by atoms with E-state index in [1.807, 2.05) is 31.2 Å². The Bertz CT molecular complexity index is 951. The summed E-state index contributed by atoms with van der Waals surface area (Å²) in [5.41, 5.74) is 1.73. The van der Waals surface area contributed by atoms with Crippen molar-refractivity contribution in [2.45, 2.75) is 26.5 Å². The van der Waals surface area contributed by atoms with Crippen LogP contribution in [0.2, 0.25) is 0 Å². The minimum Gasteiger partial charge on any atom is -0.481 e. The predicted molar refractivity (Wildman–Crippen MR) is 106 cm³/mol. The lowest BCUT2D eigenvalue weighted by Gasteiger charge is -2.17. The van der Waals surface area contributed by atoms with Gasteiger partial charge in [0, 0.05) is 0 Å². The number of carbonyl (C=O) groups is 2. The Morgan fingerprint density at radius 2 is 1.79 bits per heavy atom. The van der Waals surface area contributed by atoms with Crippen molar-refractivity contribution < 1.29 is 18.7 Å². The van der Waals surface area contributed by atoms with Crippen molar-refractivity contribution in [3.8, 4) is 5.75 Å². The van der Waals surface area contributed by atoms with Gasteiger partial charge >= 0.3 is 0 Å². The second kappa shape index (κ2) is 8.90. The number of hydrogen-bond acceptors (Lipinski definition) is 4. The molecule has 0 aliphatic heterocycles. The molecule has 0 fully saturated rings. The highest BCUT2D eigenvalue weighted by Gasteiger charge is 2.19. The zero-order valence-corrected chi connectivity index (χ0v) is 15.8. The quantitative estimate of drug-likeness (QED) is 0.653. The van der Waals surface area contributed by atoms with Crippen molar-refractivity contribution in [1.29, 1.82) is 0 Å². The second-order valence-corrected chi connectivity index (χ2v) is 6.32. The van der Waals surface area contributed by atoms with Gasteiger partial charge in [0.15, 0.2) is 6.10 Å². The van der Waals surface area contributed by atoms with Crippen LogP contribution >= 0.6 is 0 Å². The maximum absolute atomic E-state index is 12.6. The molecule has 1 heterocycles. The zero-order valence-electron chi connectivity index (χ0n) is 15.8. The maximum Gasteiger partial charge on any atom is 0.265 e. The average Bonchev–Trinajstić information content (AvgIpc) is 3.22. The summed E-state index contributed by atoms with van der Waals surface area (Å²) in [5.74, 6) is 0.652. The number of amides is 2. The molecule has 28 heavy (non-hydrogen) atoms. The Balaban J connectivity index is 1.65. The summed E-state index contributed by atoms with van der Waals surface area (Å²) in [6.07, 6.45) is 0.825. The smallest absolute Gasteiger partial charge is 0.265 e. The van der Waals surface area contributed by atoms with Gasteiger partial charge in [0.05, 0.1) is 24.1 Å². The standard InChI is InChI=1S/C22H22N2O4/c1-15-8-3-6-12-20(15)28-16(2)21(25)24-19-11-5-4-10-18(19)22(26)23-14-17-9-7-13-27-17/h3-13,16H,14H2,1-2H3,(H,23,26)(H,24,25)/t16-/m1/s1. The maximum atomic E-state index is 12.6. The van der Waals surface area contributed by atoms with E-state index in [1.165, 1.54) is 0 Å². The molecule has 2 amide bonds. The number of furan rings is 1. The summed E-state index contributed by atoms with van der Waals surface area (Å²) < 4.78 is 11.0. The van der Waals surface area contributed by atoms with E-state index in [0.29, 0.717) is 22.8 Å². The summed E-state index contributed by atoms with van der Waals surface area (Å²) >= 11 is 0. The zero-order chi connectivity index (χ0) is 19.9. The van der Waals surface area contributed by atoms with E-state index >= 15 is 0 Å². The van der Waals surface area contributed by atoms with Gasteiger partial charge in [-0.3, -0.25) is 9.59 Å². The molecule has 0 spiro atoms. The van der Waals surface area contributed by atoms with Crippen LogP contribution in [0.4, 0.5) is 5.69 Å². The van der Waals surface area contributed by atoms with Crippen LogP contribution in [0.1, 0.15) is 28.6 Å². The third-order valence-corrected chi connectivity index (χ3v) is 4.20. The summed E-state index contributed by atoms with van der Waals surface area (Å²) in [6, 6.07) is 17.9. The van der Waals surface area contributed by atoms with Crippen molar-refractivity contribution in [2.24, 2.45) is 0 Å². The molecule has 0 aliphatic rings. The first-order chi connectivity index (χ1) is 13.5. The van der Waals surface area contributed by atoms with Gasteiger partial charge in [-0.1, -0.05) is 30.3 Å². The highest BCUT2D eigenvalue weighted by molar-refractivity contribution is 6.04. The number of rotatable bonds is 7. The number of carbonyl (C=O) groups excluding carboxylic acids is 2. The van der Waals surface area contributed by atoms with Crippen LogP contribution in [0.5, 0.6) is 5.75 Å². The summed E-state index contributed by atoms with van der Waals surface area (Å²) in [5, 5.41) is 5.55. The molecule has 2 aromatic carbocycles. The topological polar surface area (TPSA) is 80.6 Å². The molecule has 0 saturated heterocycles. The van der Waals surface area contributed by atoms with Crippen molar-refractivity contribution in [3.05, 3.63) is 83.8 Å². The third kappa shape index (κ3) is 4.79. The van der Waals surface area contributed by atoms with Gasteiger partial charge in [0.1, 0.15) is 11.5 Å². The van der Waals surface area contributed by atoms with E-state index in [0.717, 1.165) is 5.56 Å². The Kier molecular flexibility index (Phi) is 6.11. The normalized spacial score (nSPS) is 11.5. The molecular weight excluding hydrogens is 356 g/mol. The van der Waals surface area contributed by atoms with Crippen LogP contribution in [0.15, 0.2) is 71.3 Å². The number of nitrogens with one attached hydrogen (secondary N) is 2. The summed E-state index contributed by atoms with van der Waals surface area (Å²) in [4.78, 5) is 25.1. The van der Waals surface area contributed by atoms with E-state index in [4.69, 9.17) is 9.15 Å². The van der Waals surface area contributed by atoms with Crippen LogP contribution in [0.3, 0.4) is 0 Å². The molecule has 1 aromatic heterocycles. The molecule has 3 rings (SSSR count). The number of hydrogen-bond donors (Lipinski definition) is 2. The minimum absolute atomic E-state index is 0.265. The average molecular weight is 378 g/mol. The number of para-hydroxylation sites is 2. The molecule has 1 atom stereocenters. The molecule has 6 heteroatoms. The highest BCUT2D eigenvalue weighted by Crippen LogP contribution is 2.20. The Morgan fingerprint density at radius 3 is 2.54 bits per heavy atom. The van der Waals surface area contributed by atoms with E-state index in [2.05, 4.69) is 10.6 Å². The van der Waals surface area contributed by atoms with Gasteiger partial charge in [-0.25, -0.2) is 0 Å². The molecule has 6 nitrogen and oxygen atoms in total. The van der Waals surface area contributed by atoms with Crippen molar-refractivity contribution in [1.82, 2.24) is 5.32 Å². The second-order valence-electron chi connectivity index (χ2n) is 6.32. The largest absolute Gasteiger partial charge is 0.481 e. The Hall–Kier alpha value is -3.54. The van der Waals surface area contributed by atoms with Crippen LogP contribution in [-0.4, -0.2) is 17.9 Å². The first-order valence-electron chi connectivity index (χ1n) is 8.97. The van der Waals surface area contributed by atoms with Crippen molar-refractivity contribution in [3.63, 3.8) is 0 Å². The van der Waals surface area contributed by atoms with Crippen molar-refractivity contribution >= 4 is 17.5 Å². The molecule has 0 saturated carbocycles. The predicted octanol–water partition coefficient (Wildman–Crippen LogP) is 3.92. The monoisotopic (exact) mass is 378 g/mol. The summed E-state index contributed by atoms with van der Waals surface area (Å²) in [6.45, 7) is 3.85. The minimum atomic E-state index is -0.722. The number of benzene rings is 2. The van der Waals surface area contributed by atoms with Gasteiger partial charge in [-0.05, 0) is 49.7 Å². The van der Waals surface area contributed by atoms with Gasteiger partial charge in [0.2, 0.25) is 0 Å². The van der Waals surface area contributed by atoms with E-state index in [-0.39, 0.29) is 18.4 Å². The fourth-order valence-corrected chi connectivity index (χ4v) is 2.63. The number of aryl methyl sites for hydroxylation is 1. The van der Waals surface area contributed by atoms with E-state index < -0.39 is 6.10 Å². The molecule has 2 N–H and O–H groups in total. The molecular formula is C22H22N2O4. The Labute approximate surface area is 163 Å². The van der Waals surface area contributed by atoms with Crippen LogP contribution in [0.25, 0.3) is 0 Å². The lowest BCUT2D eigenvalue weighted by molar-refractivity contribution is -0.122. The lowest BCUT2D eigenvalue weighted by Crippen LogP contribution is -2.31. The van der Waals surface area contributed by atoms with E-state index in [1.54, 1.807) is 49.6 Å². The van der Waals surface area contributed by atoms with Gasteiger partial charge in [-0.15, -0.1) is 0 Å². The fourth-order valence-electron chi connectivity index (χ4n) is 2.63. The molecule has 0 radical (unpaired) electrons. The number of anilines is 1. The highest BCUT2D eigenvalue weighted by atomic mass is 16.5. The Morgan fingerprint density at radius 1 is 1.04 bits per heavy atom. The van der Waals surface area contributed by atoms with Crippen LogP contribution < -0.4 is 15.4 Å². The van der Waals surface area contributed by atoms with Gasteiger partial charge in [0.25, 0.3) is 11.8 Å². The molecule has 0 bridgehead atoms. The van der Waals surface area contributed by atoms with E-state index in [9.17, 15) is 9.59 Å². The fraction of sp³-hybridized carbons (Fsp3) is 0.182. The third-order valence-electron chi connectivity index (χ3n) is 4.20. The number of ether oxygens (including phenoxy) is 1. The van der Waals surface area contributed by atoms with Crippen LogP contribution in [0, 0.1) is 6.92 Å². The molecule has 144 valence electrons. The molecule has 0 unspecified atom stereocenters. The summed E-state index contributed by atoms with van der Waals surface area (Å²) in [7, 11) is 0. The SMILES string of the molecule is Cc1ccccc1O[C@H](C)C(=O)Nc1ccccc1C(=O)NCc1ccco1. The van der Waals surface area contributed by atoms with Crippen molar-refractivity contribution in [2.75, 3.05) is 5.32 Å². The first kappa shape index (κ1) is 19.2. The van der Waals surface area contributed by atoms with Gasteiger partial charge in [-0.2, -0.15) is 0 Å².